The Kier molecular flexibility index (Phi) is 4.66. The monoisotopic (exact) mass is 277 g/mol. The summed E-state index contributed by atoms with van der Waals surface area (Å²) in [4.78, 5) is 15.4. The van der Waals surface area contributed by atoms with Crippen LogP contribution in [-0.4, -0.2) is 16.1 Å². The van der Waals surface area contributed by atoms with Crippen LogP contribution in [0, 0.1) is 0 Å². The Balaban J connectivity index is 2.06. The smallest absolute Gasteiger partial charge is 0.322 e. The third kappa shape index (κ3) is 3.51. The zero-order valence-corrected chi connectivity index (χ0v) is 11.0. The summed E-state index contributed by atoms with van der Waals surface area (Å²) >= 11 is 0. The number of rotatable bonds is 5. The second kappa shape index (κ2) is 6.47. The first kappa shape index (κ1) is 13.0. The maximum Gasteiger partial charge on any atom is 0.322 e. The Bertz CT molecular complexity index is 505. The molecule has 0 aliphatic rings. The van der Waals surface area contributed by atoms with Gasteiger partial charge in [0.15, 0.2) is 0 Å². The molecule has 1 N–H and O–H groups in total. The summed E-state index contributed by atoms with van der Waals surface area (Å²) in [5.74, 6) is -0.838. The molecular weight excluding hydrogens is 266 g/mol. The van der Waals surface area contributed by atoms with Crippen LogP contribution in [0.25, 0.3) is 0 Å². The minimum Gasteiger partial charge on any atom is -0.480 e. The first-order chi connectivity index (χ1) is 8.77. The fourth-order valence-electron chi connectivity index (χ4n) is 1.36. The highest BCUT2D eigenvalue weighted by atomic mass is 33.1. The summed E-state index contributed by atoms with van der Waals surface area (Å²) in [6.45, 7) is 0. The molecule has 0 bridgehead atoms. The molecular formula is C13H11NO2S2. The number of aromatic nitrogens is 1. The van der Waals surface area contributed by atoms with Crippen LogP contribution in [-0.2, 0) is 4.79 Å². The number of hydrogen-bond acceptors (Lipinski definition) is 4. The lowest BCUT2D eigenvalue weighted by Crippen LogP contribution is -2.06. The summed E-state index contributed by atoms with van der Waals surface area (Å²) in [6.07, 6.45) is 1.70. The van der Waals surface area contributed by atoms with E-state index in [1.807, 2.05) is 48.5 Å². The van der Waals surface area contributed by atoms with Crippen molar-refractivity contribution in [2.75, 3.05) is 0 Å². The molecule has 0 radical (unpaired) electrons. The van der Waals surface area contributed by atoms with Gasteiger partial charge in [0.25, 0.3) is 0 Å². The van der Waals surface area contributed by atoms with Gasteiger partial charge in [0, 0.05) is 6.20 Å². The van der Waals surface area contributed by atoms with Gasteiger partial charge in [-0.2, -0.15) is 0 Å². The highest BCUT2D eigenvalue weighted by molar-refractivity contribution is 8.76. The summed E-state index contributed by atoms with van der Waals surface area (Å²) < 4.78 is 0. The zero-order valence-electron chi connectivity index (χ0n) is 9.39. The first-order valence-corrected chi connectivity index (χ1v) is 7.51. The van der Waals surface area contributed by atoms with E-state index in [1.165, 1.54) is 21.6 Å². The van der Waals surface area contributed by atoms with Crippen LogP contribution in [0.1, 0.15) is 10.8 Å². The van der Waals surface area contributed by atoms with Crippen molar-refractivity contribution >= 4 is 27.6 Å². The number of hydrogen-bond donors (Lipinski definition) is 1. The van der Waals surface area contributed by atoms with Crippen molar-refractivity contribution in [2.24, 2.45) is 0 Å². The Morgan fingerprint density at radius 2 is 1.83 bits per heavy atom. The molecule has 3 nitrogen and oxygen atoms in total. The minimum atomic E-state index is -0.838. The van der Waals surface area contributed by atoms with Crippen LogP contribution < -0.4 is 0 Å². The molecule has 0 saturated heterocycles. The van der Waals surface area contributed by atoms with Gasteiger partial charge in [0.2, 0.25) is 0 Å². The zero-order chi connectivity index (χ0) is 12.8. The third-order valence-electron chi connectivity index (χ3n) is 2.19. The van der Waals surface area contributed by atoms with Crippen LogP contribution in [0.5, 0.6) is 0 Å². The predicted octanol–water partition coefficient (Wildman–Crippen LogP) is 3.65. The molecule has 2 rings (SSSR count). The molecule has 1 aromatic carbocycles. The van der Waals surface area contributed by atoms with E-state index in [1.54, 1.807) is 6.20 Å². The average Bonchev–Trinajstić information content (AvgIpc) is 2.41. The quantitative estimate of drug-likeness (QED) is 0.845. The van der Waals surface area contributed by atoms with E-state index in [4.69, 9.17) is 0 Å². The average molecular weight is 277 g/mol. The van der Waals surface area contributed by atoms with Crippen molar-refractivity contribution in [3.8, 4) is 0 Å². The number of pyridine rings is 1. The molecule has 92 valence electrons. The lowest BCUT2D eigenvalue weighted by atomic mass is 10.1. The van der Waals surface area contributed by atoms with Gasteiger partial charge in [0.1, 0.15) is 10.3 Å². The summed E-state index contributed by atoms with van der Waals surface area (Å²) in [6, 6.07) is 14.8. The van der Waals surface area contributed by atoms with E-state index in [9.17, 15) is 9.90 Å². The van der Waals surface area contributed by atoms with Gasteiger partial charge >= 0.3 is 5.97 Å². The van der Waals surface area contributed by atoms with Crippen LogP contribution >= 0.6 is 21.6 Å². The maximum atomic E-state index is 11.3. The normalized spacial score (nSPS) is 12.0. The predicted molar refractivity (Wildman–Crippen MR) is 74.5 cm³/mol. The van der Waals surface area contributed by atoms with Crippen molar-refractivity contribution in [3.05, 3.63) is 60.3 Å². The van der Waals surface area contributed by atoms with Crippen molar-refractivity contribution in [1.29, 1.82) is 0 Å². The van der Waals surface area contributed by atoms with Crippen molar-refractivity contribution in [2.45, 2.75) is 10.3 Å². The van der Waals surface area contributed by atoms with E-state index in [2.05, 4.69) is 4.98 Å². The number of carboxylic acid groups (broad SMARTS) is 1. The third-order valence-corrected chi connectivity index (χ3v) is 4.75. The molecule has 1 heterocycles. The van der Waals surface area contributed by atoms with Gasteiger partial charge < -0.3 is 5.11 Å². The molecule has 0 aliphatic heterocycles. The number of nitrogens with zero attached hydrogens (tertiary/aromatic N) is 1. The molecule has 1 unspecified atom stereocenters. The number of carboxylic acids is 1. The van der Waals surface area contributed by atoms with Crippen molar-refractivity contribution in [1.82, 2.24) is 4.98 Å². The van der Waals surface area contributed by atoms with Crippen LogP contribution in [0.4, 0.5) is 0 Å². The Morgan fingerprint density at radius 1 is 1.11 bits per heavy atom. The van der Waals surface area contributed by atoms with E-state index in [0.717, 1.165) is 10.6 Å². The molecule has 0 fully saturated rings. The number of aliphatic carboxylic acids is 1. The standard InChI is InChI=1S/C13H11NO2S2/c15-13(16)12(10-6-2-1-3-7-10)18-17-11-8-4-5-9-14-11/h1-9,12H,(H,15,16). The van der Waals surface area contributed by atoms with Crippen molar-refractivity contribution in [3.63, 3.8) is 0 Å². The van der Waals surface area contributed by atoms with E-state index in [0.29, 0.717) is 0 Å². The van der Waals surface area contributed by atoms with Crippen LogP contribution in [0.2, 0.25) is 0 Å². The minimum absolute atomic E-state index is 0.585. The fourth-order valence-corrected chi connectivity index (χ4v) is 3.60. The Labute approximate surface area is 113 Å². The Hall–Kier alpha value is -1.46. The second-order valence-electron chi connectivity index (χ2n) is 3.48. The number of benzene rings is 1. The molecule has 18 heavy (non-hydrogen) atoms. The highest BCUT2D eigenvalue weighted by Crippen LogP contribution is 2.41. The van der Waals surface area contributed by atoms with Crippen LogP contribution in [0.3, 0.4) is 0 Å². The molecule has 5 heteroatoms. The molecule has 0 spiro atoms. The highest BCUT2D eigenvalue weighted by Gasteiger charge is 2.20. The second-order valence-corrected chi connectivity index (χ2v) is 5.80. The van der Waals surface area contributed by atoms with E-state index in [-0.39, 0.29) is 0 Å². The topological polar surface area (TPSA) is 50.2 Å². The summed E-state index contributed by atoms with van der Waals surface area (Å²) in [5.41, 5.74) is 0.790. The molecule has 1 atom stereocenters. The molecule has 0 saturated carbocycles. The maximum absolute atomic E-state index is 11.3. The van der Waals surface area contributed by atoms with Gasteiger partial charge in [0.05, 0.1) is 0 Å². The molecule has 0 amide bonds. The molecule has 1 aromatic heterocycles. The van der Waals surface area contributed by atoms with Crippen LogP contribution in [0.15, 0.2) is 59.8 Å². The van der Waals surface area contributed by atoms with E-state index < -0.39 is 11.2 Å². The van der Waals surface area contributed by atoms with Gasteiger partial charge in [-0.15, -0.1) is 0 Å². The molecule has 0 aliphatic carbocycles. The first-order valence-electron chi connectivity index (χ1n) is 5.29. The summed E-state index contributed by atoms with van der Waals surface area (Å²) in [5, 5.41) is 9.48. The Morgan fingerprint density at radius 3 is 2.44 bits per heavy atom. The lowest BCUT2D eigenvalue weighted by Gasteiger charge is -2.10. The molecule has 2 aromatic rings. The number of carbonyl (C=O) groups is 1. The fraction of sp³-hybridized carbons (Fsp3) is 0.0769. The van der Waals surface area contributed by atoms with Gasteiger partial charge in [-0.3, -0.25) is 4.79 Å². The van der Waals surface area contributed by atoms with Gasteiger partial charge in [-0.1, -0.05) is 47.2 Å². The van der Waals surface area contributed by atoms with E-state index >= 15 is 0 Å². The largest absolute Gasteiger partial charge is 0.480 e. The lowest BCUT2D eigenvalue weighted by molar-refractivity contribution is -0.136. The summed E-state index contributed by atoms with van der Waals surface area (Å²) in [7, 11) is 2.67. The SMILES string of the molecule is O=C(O)C(SSc1ccccn1)c1ccccc1. The van der Waals surface area contributed by atoms with Crippen molar-refractivity contribution < 1.29 is 9.90 Å². The van der Waals surface area contributed by atoms with Gasteiger partial charge in [-0.05, 0) is 28.5 Å². The van der Waals surface area contributed by atoms with Gasteiger partial charge in [-0.25, -0.2) is 4.98 Å².